The van der Waals surface area contributed by atoms with E-state index in [0.29, 0.717) is 4.32 Å². The molecule has 0 amide bonds. The maximum atomic E-state index is 4.89. The molecule has 0 aromatic rings. The van der Waals surface area contributed by atoms with Gasteiger partial charge in [-0.15, -0.1) is 12.6 Å². The van der Waals surface area contributed by atoms with E-state index in [1.54, 1.807) is 0 Å². The lowest BCUT2D eigenvalue weighted by atomic mass is 10.0. The first-order valence-electron chi connectivity index (χ1n) is 13.8. The number of thiol groups is 2. The lowest BCUT2D eigenvalue weighted by Gasteiger charge is -2.05. The average Bonchev–Trinajstić information content (AvgIpc) is 2.76. The van der Waals surface area contributed by atoms with E-state index < -0.39 is 0 Å². The highest BCUT2D eigenvalue weighted by molar-refractivity contribution is 8.11. The Balaban J connectivity index is 3.00. The monoisotopic (exact) mass is 489 g/mol. The van der Waals surface area contributed by atoms with Gasteiger partial charge in [0.2, 0.25) is 0 Å². The van der Waals surface area contributed by atoms with Crippen molar-refractivity contribution in [3.63, 3.8) is 0 Å². The molecule has 0 aromatic carbocycles. The summed E-state index contributed by atoms with van der Waals surface area (Å²) in [6, 6.07) is 0. The van der Waals surface area contributed by atoms with E-state index in [9.17, 15) is 0 Å². The van der Waals surface area contributed by atoms with Crippen molar-refractivity contribution in [2.75, 3.05) is 12.3 Å². The highest BCUT2D eigenvalue weighted by atomic mass is 32.1. The first-order chi connectivity index (χ1) is 15.3. The fraction of sp³-hybridized carbons (Fsp3) is 0.963. The molecule has 0 aliphatic rings. The molecule has 0 atom stereocenters. The SMILES string of the molecule is S=C(S)NCCCCCCCCCCCCCCCCCCCCCCCCCCS. The summed E-state index contributed by atoms with van der Waals surface area (Å²) in [5.41, 5.74) is 0. The molecule has 0 aliphatic heterocycles. The normalized spacial score (nSPS) is 11.2. The zero-order valence-corrected chi connectivity index (χ0v) is 23.3. The summed E-state index contributed by atoms with van der Waals surface area (Å²) < 4.78 is 0.628. The van der Waals surface area contributed by atoms with Crippen LogP contribution in [0.4, 0.5) is 0 Å². The van der Waals surface area contributed by atoms with Crippen molar-refractivity contribution in [3.05, 3.63) is 0 Å². The average molecular weight is 490 g/mol. The van der Waals surface area contributed by atoms with Gasteiger partial charge in [-0.25, -0.2) is 0 Å². The van der Waals surface area contributed by atoms with E-state index >= 15 is 0 Å². The fourth-order valence-corrected chi connectivity index (χ4v) is 4.76. The van der Waals surface area contributed by atoms with Gasteiger partial charge in [0.1, 0.15) is 4.32 Å². The zero-order chi connectivity index (χ0) is 22.7. The van der Waals surface area contributed by atoms with Gasteiger partial charge in [0.05, 0.1) is 0 Å². The van der Waals surface area contributed by atoms with Gasteiger partial charge < -0.3 is 5.32 Å². The van der Waals surface area contributed by atoms with Crippen molar-refractivity contribution in [3.8, 4) is 0 Å². The molecule has 0 unspecified atom stereocenters. The topological polar surface area (TPSA) is 12.0 Å². The van der Waals surface area contributed by atoms with Crippen LogP contribution < -0.4 is 5.32 Å². The number of nitrogens with one attached hydrogen (secondary N) is 1. The Kier molecular flexibility index (Phi) is 29.2. The maximum Gasteiger partial charge on any atom is 0.130 e. The van der Waals surface area contributed by atoms with Gasteiger partial charge in [0.15, 0.2) is 0 Å². The molecule has 0 heterocycles. The molecule has 0 radical (unpaired) electrons. The van der Waals surface area contributed by atoms with E-state index in [2.05, 4.69) is 30.6 Å². The number of hydrogen-bond acceptors (Lipinski definition) is 2. The van der Waals surface area contributed by atoms with Crippen molar-refractivity contribution in [2.24, 2.45) is 0 Å². The summed E-state index contributed by atoms with van der Waals surface area (Å²) in [6.45, 7) is 0.986. The standard InChI is InChI=1S/C27H55NS3/c29-26-24-22-20-18-16-14-12-10-8-6-4-2-1-3-5-7-9-11-13-15-17-19-21-23-25-28-27(30)31/h29H,1-26H2,(H2,28,30,31). The molecule has 0 rings (SSSR count). The minimum atomic E-state index is 0.628. The van der Waals surface area contributed by atoms with Gasteiger partial charge >= 0.3 is 0 Å². The molecule has 186 valence electrons. The van der Waals surface area contributed by atoms with Crippen molar-refractivity contribution in [1.29, 1.82) is 0 Å². The molecule has 4 heteroatoms. The molecule has 0 aliphatic carbocycles. The van der Waals surface area contributed by atoms with Crippen LogP contribution in [-0.2, 0) is 0 Å². The van der Waals surface area contributed by atoms with Gasteiger partial charge in [-0.1, -0.05) is 153 Å². The number of thiocarbonyl (C=S) groups is 1. The third-order valence-electron chi connectivity index (χ3n) is 6.36. The molecule has 1 nitrogen and oxygen atoms in total. The van der Waals surface area contributed by atoms with Crippen LogP contribution in [0.25, 0.3) is 0 Å². The van der Waals surface area contributed by atoms with Crippen LogP contribution in [0.2, 0.25) is 0 Å². The van der Waals surface area contributed by atoms with Crippen molar-refractivity contribution < 1.29 is 0 Å². The lowest BCUT2D eigenvalue weighted by molar-refractivity contribution is 0.517. The third-order valence-corrected chi connectivity index (χ3v) is 6.98. The molecule has 0 spiro atoms. The smallest absolute Gasteiger partial charge is 0.130 e. The van der Waals surface area contributed by atoms with E-state index in [-0.39, 0.29) is 0 Å². The molecule has 1 N–H and O–H groups in total. The first-order valence-corrected chi connectivity index (χ1v) is 15.3. The first kappa shape index (κ1) is 31.6. The predicted octanol–water partition coefficient (Wildman–Crippen LogP) is 10.1. The molecular formula is C27H55NS3. The third kappa shape index (κ3) is 30.6. The van der Waals surface area contributed by atoms with Gasteiger partial charge in [-0.2, -0.15) is 12.6 Å². The molecule has 0 aromatic heterocycles. The van der Waals surface area contributed by atoms with Crippen LogP contribution in [0.1, 0.15) is 154 Å². The van der Waals surface area contributed by atoms with Gasteiger partial charge in [0.25, 0.3) is 0 Å². The Hall–Kier alpha value is 0.590. The summed E-state index contributed by atoms with van der Waals surface area (Å²) in [4.78, 5) is 0. The molecule has 0 saturated heterocycles. The second-order valence-electron chi connectivity index (χ2n) is 9.44. The molecule has 0 saturated carbocycles. The van der Waals surface area contributed by atoms with Crippen LogP contribution in [0, 0.1) is 0 Å². The Morgan fingerprint density at radius 3 is 0.871 bits per heavy atom. The molecule has 0 bridgehead atoms. The van der Waals surface area contributed by atoms with Crippen molar-refractivity contribution >= 4 is 41.8 Å². The van der Waals surface area contributed by atoms with Crippen LogP contribution in [0.15, 0.2) is 0 Å². The summed E-state index contributed by atoms with van der Waals surface area (Å²) in [5.74, 6) is 1.06. The molecular weight excluding hydrogens is 435 g/mol. The summed E-state index contributed by atoms with van der Waals surface area (Å²) in [7, 11) is 0. The zero-order valence-electron chi connectivity index (χ0n) is 20.7. The van der Waals surface area contributed by atoms with Crippen LogP contribution in [0.3, 0.4) is 0 Å². The minimum Gasteiger partial charge on any atom is -0.371 e. The summed E-state index contributed by atoms with van der Waals surface area (Å²) in [5, 5.41) is 3.11. The summed E-state index contributed by atoms with van der Waals surface area (Å²) in [6.07, 6.45) is 34.3. The Morgan fingerprint density at radius 2 is 0.645 bits per heavy atom. The summed E-state index contributed by atoms with van der Waals surface area (Å²) >= 11 is 13.2. The van der Waals surface area contributed by atoms with Crippen molar-refractivity contribution in [1.82, 2.24) is 5.32 Å². The van der Waals surface area contributed by atoms with Crippen molar-refractivity contribution in [2.45, 2.75) is 154 Å². The van der Waals surface area contributed by atoms with Gasteiger partial charge in [0, 0.05) is 6.54 Å². The number of rotatable bonds is 26. The lowest BCUT2D eigenvalue weighted by Crippen LogP contribution is -2.17. The minimum absolute atomic E-state index is 0.628. The van der Waals surface area contributed by atoms with Gasteiger partial charge in [-0.3, -0.25) is 0 Å². The Labute approximate surface area is 212 Å². The van der Waals surface area contributed by atoms with Gasteiger partial charge in [-0.05, 0) is 18.6 Å². The molecule has 31 heavy (non-hydrogen) atoms. The number of hydrogen-bond donors (Lipinski definition) is 3. The highest BCUT2D eigenvalue weighted by Gasteiger charge is 1.96. The quantitative estimate of drug-likeness (QED) is 0.0634. The van der Waals surface area contributed by atoms with Crippen LogP contribution >= 0.6 is 37.5 Å². The fourth-order valence-electron chi connectivity index (χ4n) is 4.32. The van der Waals surface area contributed by atoms with E-state index in [0.717, 1.165) is 12.3 Å². The second-order valence-corrected chi connectivity index (χ2v) is 11.0. The maximum absolute atomic E-state index is 4.89. The Bertz CT molecular complexity index is 349. The molecule has 0 fully saturated rings. The number of unbranched alkanes of at least 4 members (excludes halogenated alkanes) is 23. The largest absolute Gasteiger partial charge is 0.371 e. The second kappa shape index (κ2) is 28.6. The predicted molar refractivity (Wildman–Crippen MR) is 154 cm³/mol. The van der Waals surface area contributed by atoms with E-state index in [4.69, 9.17) is 12.2 Å². The highest BCUT2D eigenvalue weighted by Crippen LogP contribution is 2.15. The van der Waals surface area contributed by atoms with Crippen LogP contribution in [-0.4, -0.2) is 16.6 Å². The van der Waals surface area contributed by atoms with Crippen LogP contribution in [0.5, 0.6) is 0 Å². The van der Waals surface area contributed by atoms with E-state index in [1.165, 1.54) is 154 Å². The Morgan fingerprint density at radius 1 is 0.419 bits per heavy atom. The van der Waals surface area contributed by atoms with E-state index in [1.807, 2.05) is 0 Å².